The monoisotopic (exact) mass is 263 g/mol. The van der Waals surface area contributed by atoms with Gasteiger partial charge in [-0.1, -0.05) is 0 Å². The summed E-state index contributed by atoms with van der Waals surface area (Å²) in [6.45, 7) is -0.273. The van der Waals surface area contributed by atoms with Crippen LogP contribution in [0.2, 0.25) is 0 Å². The van der Waals surface area contributed by atoms with Crippen molar-refractivity contribution in [2.24, 2.45) is 0 Å². The number of benzene rings is 1. The van der Waals surface area contributed by atoms with Gasteiger partial charge in [-0.15, -0.1) is 0 Å². The van der Waals surface area contributed by atoms with Crippen LogP contribution >= 0.6 is 0 Å². The van der Waals surface area contributed by atoms with Gasteiger partial charge in [0.2, 0.25) is 5.91 Å². The van der Waals surface area contributed by atoms with Crippen molar-refractivity contribution in [3.8, 4) is 0 Å². The molecule has 0 radical (unpaired) electrons. The Labute approximate surface area is 99.1 Å². The van der Waals surface area contributed by atoms with Crippen molar-refractivity contribution in [3.05, 3.63) is 29.8 Å². The van der Waals surface area contributed by atoms with Gasteiger partial charge in [0.05, 0.1) is 6.61 Å². The Morgan fingerprint density at radius 3 is 2.65 bits per heavy atom. The number of hydrogen-bond acceptors (Lipinski definition) is 3. The predicted molar refractivity (Wildman–Crippen MR) is 59.9 cm³/mol. The topological polar surface area (TPSA) is 66.4 Å². The molecule has 1 rings (SSSR count). The molecule has 0 aliphatic carbocycles. The van der Waals surface area contributed by atoms with Gasteiger partial charge in [-0.2, -0.15) is 0 Å². The largest absolute Gasteiger partial charge is 0.395 e. The highest BCUT2D eigenvalue weighted by Crippen LogP contribution is 2.12. The van der Waals surface area contributed by atoms with E-state index in [0.717, 1.165) is 12.1 Å². The number of aliphatic hydroxyl groups is 1. The summed E-state index contributed by atoms with van der Waals surface area (Å²) in [6.07, 6.45) is 0. The number of hydrogen-bond donors (Lipinski definition) is 2. The molecule has 0 saturated carbocycles. The molecule has 0 aliphatic rings. The Morgan fingerprint density at radius 1 is 1.35 bits per heavy atom. The first kappa shape index (κ1) is 13.7. The van der Waals surface area contributed by atoms with Crippen LogP contribution in [0.1, 0.15) is 0 Å². The van der Waals surface area contributed by atoms with Gasteiger partial charge in [0, 0.05) is 28.3 Å². The van der Waals surface area contributed by atoms with Gasteiger partial charge in [-0.25, -0.2) is 8.78 Å². The first-order chi connectivity index (χ1) is 8.02. The van der Waals surface area contributed by atoms with Gasteiger partial charge in [-0.3, -0.25) is 9.00 Å². The summed E-state index contributed by atoms with van der Waals surface area (Å²) in [5.41, 5.74) is 0.0925. The molecule has 0 spiro atoms. The molecule has 4 nitrogen and oxygen atoms in total. The fourth-order valence-electron chi connectivity index (χ4n) is 1.09. The molecule has 0 heterocycles. The third kappa shape index (κ3) is 4.58. The van der Waals surface area contributed by atoms with Crippen molar-refractivity contribution in [1.82, 2.24) is 0 Å². The standard InChI is InChI=1S/C10H11F2NO3S/c11-8-2-1-7(5-9(8)12)13-10(15)6-17(16)4-3-14/h1-2,5,14H,3-4,6H2,(H,13,15). The minimum absolute atomic E-state index is 0.00516. The summed E-state index contributed by atoms with van der Waals surface area (Å²) >= 11 is 0. The van der Waals surface area contributed by atoms with Crippen LogP contribution in [0.3, 0.4) is 0 Å². The van der Waals surface area contributed by atoms with Crippen molar-refractivity contribution < 1.29 is 22.9 Å². The van der Waals surface area contributed by atoms with Crippen molar-refractivity contribution in [2.75, 3.05) is 23.4 Å². The van der Waals surface area contributed by atoms with E-state index in [2.05, 4.69) is 5.32 Å². The third-order valence-corrected chi connectivity index (χ3v) is 3.04. The molecule has 17 heavy (non-hydrogen) atoms. The zero-order chi connectivity index (χ0) is 12.8. The van der Waals surface area contributed by atoms with E-state index in [0.29, 0.717) is 0 Å². The molecule has 0 aromatic heterocycles. The first-order valence-electron chi connectivity index (χ1n) is 4.73. The van der Waals surface area contributed by atoms with Crippen LogP contribution in [0.5, 0.6) is 0 Å². The lowest BCUT2D eigenvalue weighted by molar-refractivity contribution is -0.113. The zero-order valence-corrected chi connectivity index (χ0v) is 9.60. The molecule has 1 aromatic rings. The van der Waals surface area contributed by atoms with Gasteiger partial charge >= 0.3 is 0 Å². The van der Waals surface area contributed by atoms with Gasteiger partial charge < -0.3 is 10.4 Å². The molecule has 7 heteroatoms. The van der Waals surface area contributed by atoms with E-state index in [1.165, 1.54) is 6.07 Å². The lowest BCUT2D eigenvalue weighted by Crippen LogP contribution is -2.21. The number of rotatable bonds is 5. The number of aliphatic hydroxyl groups excluding tert-OH is 1. The normalized spacial score (nSPS) is 12.2. The highest BCUT2D eigenvalue weighted by Gasteiger charge is 2.09. The lowest BCUT2D eigenvalue weighted by Gasteiger charge is -2.05. The molecule has 1 unspecified atom stereocenters. The quantitative estimate of drug-likeness (QED) is 0.819. The van der Waals surface area contributed by atoms with Crippen molar-refractivity contribution in [1.29, 1.82) is 0 Å². The second-order valence-corrected chi connectivity index (χ2v) is 4.77. The van der Waals surface area contributed by atoms with E-state index in [4.69, 9.17) is 5.11 Å². The maximum atomic E-state index is 12.8. The summed E-state index contributed by atoms with van der Waals surface area (Å²) in [6, 6.07) is 2.92. The lowest BCUT2D eigenvalue weighted by atomic mass is 10.3. The van der Waals surface area contributed by atoms with Crippen LogP contribution in [0.15, 0.2) is 18.2 Å². The second-order valence-electron chi connectivity index (χ2n) is 3.19. The summed E-state index contributed by atoms with van der Waals surface area (Å²) in [5, 5.41) is 10.8. The van der Waals surface area contributed by atoms with Crippen molar-refractivity contribution in [2.45, 2.75) is 0 Å². The highest BCUT2D eigenvalue weighted by atomic mass is 32.2. The van der Waals surface area contributed by atoms with Gasteiger partial charge in [0.1, 0.15) is 5.75 Å². The van der Waals surface area contributed by atoms with E-state index < -0.39 is 28.3 Å². The van der Waals surface area contributed by atoms with Crippen LogP contribution in [-0.4, -0.2) is 33.3 Å². The minimum atomic E-state index is -1.46. The average Bonchev–Trinajstić information content (AvgIpc) is 2.23. The molecule has 0 aliphatic heterocycles. The number of nitrogens with one attached hydrogen (secondary N) is 1. The Bertz CT molecular complexity index is 440. The van der Waals surface area contributed by atoms with E-state index in [9.17, 15) is 17.8 Å². The van der Waals surface area contributed by atoms with E-state index >= 15 is 0 Å². The first-order valence-corrected chi connectivity index (χ1v) is 6.22. The zero-order valence-electron chi connectivity index (χ0n) is 8.78. The molecule has 1 atom stereocenters. The van der Waals surface area contributed by atoms with Gasteiger partial charge in [-0.05, 0) is 12.1 Å². The van der Waals surface area contributed by atoms with E-state index in [1.54, 1.807) is 0 Å². The molecule has 2 N–H and O–H groups in total. The van der Waals surface area contributed by atoms with Crippen molar-refractivity contribution in [3.63, 3.8) is 0 Å². The fraction of sp³-hybridized carbons (Fsp3) is 0.300. The number of carbonyl (C=O) groups is 1. The third-order valence-electron chi connectivity index (χ3n) is 1.81. The fourth-order valence-corrected chi connectivity index (χ4v) is 1.80. The van der Waals surface area contributed by atoms with Crippen LogP contribution in [0, 0.1) is 11.6 Å². The summed E-state index contributed by atoms with van der Waals surface area (Å²) in [4.78, 5) is 11.3. The van der Waals surface area contributed by atoms with Crippen molar-refractivity contribution >= 4 is 22.4 Å². The number of anilines is 1. The van der Waals surface area contributed by atoms with Crippen LogP contribution in [0.25, 0.3) is 0 Å². The van der Waals surface area contributed by atoms with E-state index in [-0.39, 0.29) is 23.8 Å². The number of amides is 1. The highest BCUT2D eigenvalue weighted by molar-refractivity contribution is 7.85. The number of halogens is 2. The molecule has 0 saturated heterocycles. The molecule has 0 fully saturated rings. The summed E-state index contributed by atoms with van der Waals surface area (Å²) in [7, 11) is -1.46. The molecular weight excluding hydrogens is 252 g/mol. The molecule has 0 bridgehead atoms. The van der Waals surface area contributed by atoms with Crippen LogP contribution in [0.4, 0.5) is 14.5 Å². The Hall–Kier alpha value is -1.34. The Balaban J connectivity index is 2.56. The maximum Gasteiger partial charge on any atom is 0.236 e. The van der Waals surface area contributed by atoms with E-state index in [1.807, 2.05) is 0 Å². The molecular formula is C10H11F2NO3S. The average molecular weight is 263 g/mol. The molecule has 94 valence electrons. The van der Waals surface area contributed by atoms with Gasteiger partial charge in [0.25, 0.3) is 0 Å². The summed E-state index contributed by atoms with van der Waals surface area (Å²) in [5.74, 6) is -2.95. The Kier molecular flexibility index (Phi) is 5.17. The summed E-state index contributed by atoms with van der Waals surface area (Å²) < 4.78 is 36.5. The minimum Gasteiger partial charge on any atom is -0.395 e. The Morgan fingerprint density at radius 2 is 2.06 bits per heavy atom. The smallest absolute Gasteiger partial charge is 0.236 e. The number of carbonyl (C=O) groups excluding carboxylic acids is 1. The van der Waals surface area contributed by atoms with Crippen LogP contribution in [-0.2, 0) is 15.6 Å². The maximum absolute atomic E-state index is 12.8. The van der Waals surface area contributed by atoms with Crippen LogP contribution < -0.4 is 5.32 Å². The SMILES string of the molecule is O=C(CS(=O)CCO)Nc1ccc(F)c(F)c1. The predicted octanol–water partition coefficient (Wildman–Crippen LogP) is 0.644. The molecule has 1 aromatic carbocycles. The molecule has 1 amide bonds. The second kappa shape index (κ2) is 6.41. The van der Waals surface area contributed by atoms with Gasteiger partial charge in [0.15, 0.2) is 11.6 Å².